The number of piperidine rings is 1. The van der Waals surface area contributed by atoms with E-state index in [1.165, 1.54) is 42.9 Å². The molecule has 4 aliphatic rings. The van der Waals surface area contributed by atoms with Crippen molar-refractivity contribution in [1.82, 2.24) is 0 Å². The molecule has 0 saturated carbocycles. The van der Waals surface area contributed by atoms with E-state index in [9.17, 15) is 9.59 Å². The van der Waals surface area contributed by atoms with E-state index in [0.717, 1.165) is 51.3 Å². The first-order valence-electron chi connectivity index (χ1n) is 12.1. The number of carbonyl (C=O) groups excluding carboxylic acids is 2. The second-order valence-corrected chi connectivity index (χ2v) is 9.35. The van der Waals surface area contributed by atoms with Crippen LogP contribution in [0.4, 0.5) is 11.4 Å². The summed E-state index contributed by atoms with van der Waals surface area (Å²) in [5.41, 5.74) is 3.25. The molecule has 3 heterocycles. The normalized spacial score (nSPS) is 28.2. The summed E-state index contributed by atoms with van der Waals surface area (Å²) in [5, 5.41) is 0. The van der Waals surface area contributed by atoms with Gasteiger partial charge in [0.05, 0.1) is 37.9 Å². The Morgan fingerprint density at radius 2 is 1.58 bits per heavy atom. The van der Waals surface area contributed by atoms with E-state index in [-0.39, 0.29) is 23.7 Å². The van der Waals surface area contributed by atoms with Crippen molar-refractivity contribution >= 4 is 23.2 Å². The number of benzene rings is 1. The Bertz CT molecular complexity index is 838. The third-order valence-electron chi connectivity index (χ3n) is 7.50. The standard InChI is InChI=1S/C25H33N3O3/c29-24-18-22(21-6-2-3-7-23(21)27-12-4-1-5-13-27)25(30)28(24)20-10-8-19(9-11-20)26-14-16-31-17-15-26/h7-11,21-22H,1-6,12-18H2/p+1/t21-,22-/m0/s1. The molecule has 166 valence electrons. The minimum Gasteiger partial charge on any atom is -0.378 e. The molecule has 1 aromatic rings. The zero-order chi connectivity index (χ0) is 21.2. The molecule has 31 heavy (non-hydrogen) atoms. The van der Waals surface area contributed by atoms with Crippen LogP contribution in [0.3, 0.4) is 0 Å². The van der Waals surface area contributed by atoms with Crippen LogP contribution >= 0.6 is 0 Å². The van der Waals surface area contributed by atoms with Crippen molar-refractivity contribution in [1.29, 1.82) is 0 Å². The number of nitrogens with one attached hydrogen (secondary N) is 1. The second kappa shape index (κ2) is 9.13. The molecule has 0 radical (unpaired) electrons. The van der Waals surface area contributed by atoms with Gasteiger partial charge in [-0.2, -0.15) is 0 Å². The molecule has 0 unspecified atom stereocenters. The molecule has 0 spiro atoms. The van der Waals surface area contributed by atoms with Gasteiger partial charge < -0.3 is 14.5 Å². The lowest BCUT2D eigenvalue weighted by atomic mass is 9.80. The van der Waals surface area contributed by atoms with E-state index in [1.807, 2.05) is 24.3 Å². The Morgan fingerprint density at radius 3 is 2.32 bits per heavy atom. The van der Waals surface area contributed by atoms with E-state index < -0.39 is 0 Å². The molecule has 1 aromatic carbocycles. The Kier molecular flexibility index (Phi) is 6.10. The molecule has 2 atom stereocenters. The Balaban J connectivity index is 1.33. The molecule has 1 N–H and O–H groups in total. The monoisotopic (exact) mass is 424 g/mol. The highest BCUT2D eigenvalue weighted by atomic mass is 16.5. The number of amides is 2. The molecule has 3 saturated heterocycles. The molecule has 0 aromatic heterocycles. The van der Waals surface area contributed by atoms with Gasteiger partial charge in [0.15, 0.2) is 0 Å². The number of hydrogen-bond donors (Lipinski definition) is 1. The lowest BCUT2D eigenvalue weighted by molar-refractivity contribution is -0.870. The number of nitrogens with zero attached hydrogens (tertiary/aromatic N) is 2. The van der Waals surface area contributed by atoms with Crippen molar-refractivity contribution in [2.75, 3.05) is 49.2 Å². The fourth-order valence-corrected chi connectivity index (χ4v) is 5.87. The maximum atomic E-state index is 13.5. The highest BCUT2D eigenvalue weighted by Crippen LogP contribution is 2.38. The first kappa shape index (κ1) is 20.7. The molecule has 1 aliphatic carbocycles. The number of anilines is 2. The predicted octanol–water partition coefficient (Wildman–Crippen LogP) is 2.16. The van der Waals surface area contributed by atoms with Crippen molar-refractivity contribution in [2.45, 2.75) is 44.9 Å². The molecule has 5 rings (SSSR count). The lowest BCUT2D eigenvalue weighted by Crippen LogP contribution is -3.11. The van der Waals surface area contributed by atoms with Crippen LogP contribution in [0.5, 0.6) is 0 Å². The number of hydrogen-bond acceptors (Lipinski definition) is 4. The van der Waals surface area contributed by atoms with Gasteiger partial charge in [0.2, 0.25) is 11.8 Å². The number of rotatable bonds is 4. The van der Waals surface area contributed by atoms with Gasteiger partial charge in [0, 0.05) is 31.1 Å². The maximum absolute atomic E-state index is 13.5. The fraction of sp³-hybridized carbons (Fsp3) is 0.600. The van der Waals surface area contributed by atoms with Crippen molar-refractivity contribution in [3.8, 4) is 0 Å². The summed E-state index contributed by atoms with van der Waals surface area (Å²) >= 11 is 0. The first-order chi connectivity index (χ1) is 15.2. The van der Waals surface area contributed by atoms with E-state index in [1.54, 1.807) is 4.90 Å². The van der Waals surface area contributed by atoms with Crippen molar-refractivity contribution < 1.29 is 19.2 Å². The highest BCUT2D eigenvalue weighted by Gasteiger charge is 2.47. The molecule has 3 fully saturated rings. The van der Waals surface area contributed by atoms with Crippen LogP contribution in [0.2, 0.25) is 0 Å². The number of carbonyl (C=O) groups is 2. The largest absolute Gasteiger partial charge is 0.378 e. The van der Waals surface area contributed by atoms with E-state index >= 15 is 0 Å². The molecular formula is C25H34N3O3+. The minimum atomic E-state index is -0.201. The summed E-state index contributed by atoms with van der Waals surface area (Å²) in [6.45, 7) is 5.57. The second-order valence-electron chi connectivity index (χ2n) is 9.35. The Morgan fingerprint density at radius 1 is 0.871 bits per heavy atom. The Labute approximate surface area is 184 Å². The van der Waals surface area contributed by atoms with Crippen molar-refractivity contribution in [3.63, 3.8) is 0 Å². The SMILES string of the molecule is O=C1C[C@@H]([C@@H]2CCCC=C2[NH+]2CCCCC2)C(=O)N1c1ccc(N2CCOCC2)cc1. The van der Waals surface area contributed by atoms with E-state index in [2.05, 4.69) is 11.0 Å². The number of morpholine rings is 1. The fourth-order valence-electron chi connectivity index (χ4n) is 5.87. The quantitative estimate of drug-likeness (QED) is 0.753. The summed E-state index contributed by atoms with van der Waals surface area (Å²) in [7, 11) is 0. The predicted molar refractivity (Wildman–Crippen MR) is 120 cm³/mol. The van der Waals surface area contributed by atoms with Gasteiger partial charge in [-0.3, -0.25) is 14.5 Å². The Hall–Kier alpha value is -2.18. The van der Waals surface area contributed by atoms with Crippen LogP contribution < -0.4 is 14.7 Å². The molecule has 2 amide bonds. The summed E-state index contributed by atoms with van der Waals surface area (Å²) in [4.78, 5) is 31.7. The highest BCUT2D eigenvalue weighted by molar-refractivity contribution is 6.21. The van der Waals surface area contributed by atoms with E-state index in [4.69, 9.17) is 4.74 Å². The average Bonchev–Trinajstić information content (AvgIpc) is 3.14. The number of allylic oxidation sites excluding steroid dienone is 2. The summed E-state index contributed by atoms with van der Waals surface area (Å²) in [5.74, 6) is -0.0330. The zero-order valence-corrected chi connectivity index (χ0v) is 18.4. The first-order valence-corrected chi connectivity index (χ1v) is 12.1. The topological polar surface area (TPSA) is 54.3 Å². The smallest absolute Gasteiger partial charge is 0.238 e. The summed E-state index contributed by atoms with van der Waals surface area (Å²) in [6, 6.07) is 7.91. The van der Waals surface area contributed by atoms with Crippen molar-refractivity contribution in [3.05, 3.63) is 36.0 Å². The minimum absolute atomic E-state index is 0.00154. The van der Waals surface area contributed by atoms with Gasteiger partial charge in [-0.25, -0.2) is 0 Å². The number of ether oxygens (including phenoxy) is 1. The van der Waals surface area contributed by atoms with Crippen LogP contribution in [0.25, 0.3) is 0 Å². The molecule has 3 aliphatic heterocycles. The average molecular weight is 425 g/mol. The lowest BCUT2D eigenvalue weighted by Gasteiger charge is -2.34. The van der Waals surface area contributed by atoms with Gasteiger partial charge in [-0.15, -0.1) is 0 Å². The van der Waals surface area contributed by atoms with Gasteiger partial charge in [-0.05, 0) is 68.9 Å². The zero-order valence-electron chi connectivity index (χ0n) is 18.4. The van der Waals surface area contributed by atoms with Gasteiger partial charge in [0.1, 0.15) is 5.70 Å². The van der Waals surface area contributed by atoms with Crippen LogP contribution in [0, 0.1) is 11.8 Å². The molecular weight excluding hydrogens is 390 g/mol. The number of likely N-dealkylation sites (tertiary alicyclic amines) is 1. The van der Waals surface area contributed by atoms with Gasteiger partial charge in [-0.1, -0.05) is 0 Å². The summed E-state index contributed by atoms with van der Waals surface area (Å²) in [6.07, 6.45) is 9.83. The maximum Gasteiger partial charge on any atom is 0.238 e. The third-order valence-corrected chi connectivity index (χ3v) is 7.50. The molecule has 6 nitrogen and oxygen atoms in total. The van der Waals surface area contributed by atoms with Crippen LogP contribution in [0.15, 0.2) is 36.0 Å². The van der Waals surface area contributed by atoms with Crippen molar-refractivity contribution in [2.24, 2.45) is 11.8 Å². The van der Waals surface area contributed by atoms with Gasteiger partial charge >= 0.3 is 0 Å². The van der Waals surface area contributed by atoms with Crippen LogP contribution in [-0.4, -0.2) is 51.2 Å². The molecule has 6 heteroatoms. The number of quaternary nitrogens is 1. The third kappa shape index (κ3) is 4.15. The summed E-state index contributed by atoms with van der Waals surface area (Å²) < 4.78 is 5.43. The van der Waals surface area contributed by atoms with Gasteiger partial charge in [0.25, 0.3) is 0 Å². The van der Waals surface area contributed by atoms with E-state index in [0.29, 0.717) is 12.1 Å². The van der Waals surface area contributed by atoms with Crippen LogP contribution in [-0.2, 0) is 14.3 Å². The van der Waals surface area contributed by atoms with Crippen LogP contribution in [0.1, 0.15) is 44.9 Å². The molecule has 0 bridgehead atoms. The number of imide groups is 1.